The molecule has 3 N–H and O–H groups in total. The molecule has 0 aliphatic carbocycles. The van der Waals surface area contributed by atoms with E-state index >= 15 is 0 Å². The molecular weight excluding hydrogens is 356 g/mol. The van der Waals surface area contributed by atoms with Crippen LogP contribution < -0.4 is 15.6 Å². The van der Waals surface area contributed by atoms with Gasteiger partial charge in [-0.3, -0.25) is 14.4 Å². The number of aromatic nitrogens is 2. The highest BCUT2D eigenvalue weighted by molar-refractivity contribution is 6.42. The van der Waals surface area contributed by atoms with Crippen molar-refractivity contribution in [3.05, 3.63) is 45.8 Å². The molecule has 0 unspecified atom stereocenters. The smallest absolute Gasteiger partial charge is 0.325 e. The van der Waals surface area contributed by atoms with E-state index in [-0.39, 0.29) is 16.7 Å². The van der Waals surface area contributed by atoms with Gasteiger partial charge in [-0.1, -0.05) is 12.1 Å². The molecule has 0 aliphatic rings. The van der Waals surface area contributed by atoms with E-state index < -0.39 is 41.8 Å². The number of nitrogens with zero attached hydrogens (tertiary/aromatic N) is 4. The highest BCUT2D eigenvalue weighted by atomic mass is 16.5. The number of carbonyl (C=O) groups excluding carboxylic acids is 3. The van der Waals surface area contributed by atoms with E-state index in [1.165, 1.54) is 25.1 Å². The third-order valence-corrected chi connectivity index (χ3v) is 3.60. The fourth-order valence-corrected chi connectivity index (χ4v) is 2.33. The number of carbonyl (C=O) groups is 3. The molecule has 2 rings (SSSR count). The normalized spacial score (nSPS) is 11.0. The van der Waals surface area contributed by atoms with E-state index in [1.807, 2.05) is 5.43 Å². The number of para-hydroxylation sites is 2. The van der Waals surface area contributed by atoms with Crippen LogP contribution >= 0.6 is 0 Å². The van der Waals surface area contributed by atoms with Crippen LogP contribution in [-0.4, -0.2) is 28.0 Å². The first-order valence-electron chi connectivity index (χ1n) is 7.57. The van der Waals surface area contributed by atoms with Gasteiger partial charge in [0.15, 0.2) is 0 Å². The van der Waals surface area contributed by atoms with Gasteiger partial charge < -0.3 is 15.7 Å². The van der Waals surface area contributed by atoms with Crippen LogP contribution in [0.1, 0.15) is 29.0 Å². The van der Waals surface area contributed by atoms with Crippen LogP contribution in [0.5, 0.6) is 0 Å². The molecule has 1 heterocycles. The predicted molar refractivity (Wildman–Crippen MR) is 92.8 cm³/mol. The van der Waals surface area contributed by atoms with Crippen molar-refractivity contribution in [2.75, 3.05) is 0 Å². The Morgan fingerprint density at radius 3 is 2.67 bits per heavy atom. The average molecular weight is 370 g/mol. The average Bonchev–Trinajstić information content (AvgIpc) is 2.63. The van der Waals surface area contributed by atoms with Crippen LogP contribution in [0, 0.1) is 28.4 Å². The second-order valence-corrected chi connectivity index (χ2v) is 5.40. The fraction of sp³-hybridized carbons (Fsp3) is 0.188. The molecule has 2 aromatic rings. The van der Waals surface area contributed by atoms with Gasteiger partial charge in [-0.25, -0.2) is 5.43 Å². The van der Waals surface area contributed by atoms with Gasteiger partial charge in [-0.15, -0.1) is 0 Å². The Bertz CT molecular complexity index is 1080. The lowest BCUT2D eigenvalue weighted by Gasteiger charge is -2.15. The van der Waals surface area contributed by atoms with Crippen LogP contribution in [0.2, 0.25) is 0 Å². The summed E-state index contributed by atoms with van der Waals surface area (Å²) < 4.78 is 0.737. The number of primary amides is 1. The second-order valence-electron chi connectivity index (χ2n) is 5.40. The Labute approximate surface area is 151 Å². The molecule has 0 spiro atoms. The first-order chi connectivity index (χ1) is 12.8. The molecule has 0 bridgehead atoms. The van der Waals surface area contributed by atoms with Crippen LogP contribution in [0.15, 0.2) is 29.4 Å². The van der Waals surface area contributed by atoms with Crippen LogP contribution in [-0.2, 0) is 9.59 Å². The Kier molecular flexibility index (Phi) is 5.62. The van der Waals surface area contributed by atoms with E-state index in [9.17, 15) is 24.5 Å². The summed E-state index contributed by atoms with van der Waals surface area (Å²) in [5.41, 5.74) is 5.93. The zero-order valence-corrected chi connectivity index (χ0v) is 14.1. The Morgan fingerprint density at radius 1 is 1.37 bits per heavy atom. The first-order valence-corrected chi connectivity index (χ1v) is 7.57. The Balaban J connectivity index is 2.44. The quantitative estimate of drug-likeness (QED) is 0.304. The van der Waals surface area contributed by atoms with Crippen molar-refractivity contribution in [2.24, 2.45) is 10.8 Å². The largest absolute Gasteiger partial charge is 0.805 e. The predicted octanol–water partition coefficient (Wildman–Crippen LogP) is -0.346. The Hall–Kier alpha value is -4.07. The zero-order chi connectivity index (χ0) is 20.1. The third-order valence-electron chi connectivity index (χ3n) is 3.60. The molecule has 0 radical (unpaired) electrons. The number of Topliss-reactive ketones (excluding diaryl/α,β-unsaturated/α-hetero) is 1. The minimum Gasteiger partial charge on any atom is -0.805 e. The molecule has 1 aromatic heterocycles. The highest BCUT2D eigenvalue weighted by Crippen LogP contribution is 2.14. The number of nitriles is 1. The van der Waals surface area contributed by atoms with Crippen molar-refractivity contribution < 1.29 is 18.8 Å². The minimum atomic E-state index is -1.11. The van der Waals surface area contributed by atoms with Gasteiger partial charge in [0.25, 0.3) is 17.3 Å². The maximum absolute atomic E-state index is 12.5. The lowest BCUT2D eigenvalue weighted by atomic mass is 10.1. The first kappa shape index (κ1) is 19.3. The molecule has 2 amide bonds. The topological polar surface area (TPSA) is 176 Å². The van der Waals surface area contributed by atoms with Gasteiger partial charge in [0.2, 0.25) is 5.78 Å². The molecule has 1 aromatic carbocycles. The molecule has 27 heavy (non-hydrogen) atoms. The summed E-state index contributed by atoms with van der Waals surface area (Å²) in [7, 11) is 0. The molecule has 0 saturated heterocycles. The summed E-state index contributed by atoms with van der Waals surface area (Å²) >= 11 is 0. The van der Waals surface area contributed by atoms with E-state index in [0.717, 1.165) is 0 Å². The van der Waals surface area contributed by atoms with Crippen molar-refractivity contribution >= 4 is 34.3 Å². The molecule has 0 atom stereocenters. The van der Waals surface area contributed by atoms with Gasteiger partial charge in [-0.05, 0) is 13.0 Å². The number of hydrazone groups is 1. The van der Waals surface area contributed by atoms with Crippen molar-refractivity contribution in [3.8, 4) is 6.07 Å². The maximum atomic E-state index is 12.5. The molecule has 11 nitrogen and oxygen atoms in total. The highest BCUT2D eigenvalue weighted by Gasteiger charge is 2.29. The maximum Gasteiger partial charge on any atom is 0.325 e. The number of hydrogen-bond donors (Lipinski definition) is 2. The second kappa shape index (κ2) is 7.87. The summed E-state index contributed by atoms with van der Waals surface area (Å²) in [6.45, 7) is 1.29. The SMILES string of the molecule is Cc1c(C(=O)C/C(=N\NC(=O)CC#N)C(N)=O)[n+](=O)c2ccccc2n1[O-]. The van der Waals surface area contributed by atoms with E-state index in [1.54, 1.807) is 12.1 Å². The van der Waals surface area contributed by atoms with Crippen molar-refractivity contribution in [1.82, 2.24) is 10.2 Å². The summed E-state index contributed by atoms with van der Waals surface area (Å²) in [6, 6.07) is 7.48. The molecule has 0 aliphatic heterocycles. The number of rotatable bonds is 6. The lowest BCUT2D eigenvalue weighted by molar-refractivity contribution is -0.468. The monoisotopic (exact) mass is 370 g/mol. The van der Waals surface area contributed by atoms with Crippen LogP contribution in [0.3, 0.4) is 0 Å². The minimum absolute atomic E-state index is 0.0265. The fourth-order valence-electron chi connectivity index (χ4n) is 2.33. The number of ketones is 1. The van der Waals surface area contributed by atoms with E-state index in [4.69, 9.17) is 11.0 Å². The van der Waals surface area contributed by atoms with E-state index in [2.05, 4.69) is 5.10 Å². The van der Waals surface area contributed by atoms with Crippen molar-refractivity contribution in [3.63, 3.8) is 0 Å². The number of hydrogen-bond acceptors (Lipinski definition) is 7. The van der Waals surface area contributed by atoms with E-state index in [0.29, 0.717) is 9.16 Å². The number of fused-ring (bicyclic) bond motifs is 1. The number of nitrogens with one attached hydrogen (secondary N) is 1. The summed E-state index contributed by atoms with van der Waals surface area (Å²) in [4.78, 5) is 47.8. The molecule has 0 fully saturated rings. The van der Waals surface area contributed by atoms with Crippen molar-refractivity contribution in [1.29, 1.82) is 5.26 Å². The number of nitrogens with two attached hydrogens (primary N) is 1. The van der Waals surface area contributed by atoms with Gasteiger partial charge in [0.1, 0.15) is 17.6 Å². The summed E-state index contributed by atoms with van der Waals surface area (Å²) in [5, 5.41) is 24.1. The van der Waals surface area contributed by atoms with Gasteiger partial charge in [0, 0.05) is 11.0 Å². The van der Waals surface area contributed by atoms with Crippen molar-refractivity contribution in [2.45, 2.75) is 19.8 Å². The number of amides is 2. The van der Waals surface area contributed by atoms with Gasteiger partial charge in [-0.2, -0.15) is 10.4 Å². The number of benzene rings is 1. The standard InChI is InChI=1S/C16H14N6O5/c1-9-15(22(27)12-5-3-2-4-11(12)21(9)26)13(23)8-10(16(18)25)19-20-14(24)6-7-17/h2-5H,6,8H2,1H3,(H2,18,25)(H,20,24)/b19-10+. The molecular formula is C16H14N6O5. The molecule has 0 saturated carbocycles. The Morgan fingerprint density at radius 2 is 2.04 bits per heavy atom. The summed E-state index contributed by atoms with van der Waals surface area (Å²) in [6.07, 6.45) is -1.23. The summed E-state index contributed by atoms with van der Waals surface area (Å²) in [5.74, 6) is -2.79. The molecule has 11 heteroatoms. The lowest BCUT2D eigenvalue weighted by Crippen LogP contribution is -2.34. The van der Waals surface area contributed by atoms with Crippen LogP contribution in [0.25, 0.3) is 11.0 Å². The third kappa shape index (κ3) is 3.96. The molecule has 138 valence electrons. The van der Waals surface area contributed by atoms with Gasteiger partial charge >= 0.3 is 5.69 Å². The van der Waals surface area contributed by atoms with Gasteiger partial charge in [0.05, 0.1) is 22.6 Å². The zero-order valence-electron chi connectivity index (χ0n) is 14.1. The van der Waals surface area contributed by atoms with Crippen LogP contribution in [0.4, 0.5) is 0 Å².